The SMILES string of the molecule is CCC1=C(c2ccc(C)pc2)c2cc(C)ccc2C1. The lowest BCUT2D eigenvalue weighted by Crippen LogP contribution is -1.88. The van der Waals surface area contributed by atoms with Crippen molar-refractivity contribution in [1.29, 1.82) is 0 Å². The van der Waals surface area contributed by atoms with Crippen LogP contribution in [0.4, 0.5) is 0 Å². The van der Waals surface area contributed by atoms with Crippen LogP contribution in [-0.2, 0) is 6.42 Å². The van der Waals surface area contributed by atoms with Crippen LogP contribution in [0, 0.1) is 13.8 Å². The summed E-state index contributed by atoms with van der Waals surface area (Å²) in [6, 6.07) is 11.4. The highest BCUT2D eigenvalue weighted by molar-refractivity contribution is 7.30. The van der Waals surface area contributed by atoms with Crippen molar-refractivity contribution in [2.45, 2.75) is 33.6 Å². The molecule has 0 spiro atoms. The molecule has 1 aromatic carbocycles. The predicted molar refractivity (Wildman–Crippen MR) is 84.9 cm³/mol. The first kappa shape index (κ1) is 12.6. The van der Waals surface area contributed by atoms with Crippen LogP contribution in [0.2, 0.25) is 0 Å². The molecule has 0 unspecified atom stereocenters. The van der Waals surface area contributed by atoms with Gasteiger partial charge in [-0.25, -0.2) is 0 Å². The van der Waals surface area contributed by atoms with Crippen LogP contribution in [0.25, 0.3) is 5.57 Å². The third-order valence-corrected chi connectivity index (χ3v) is 4.88. The summed E-state index contributed by atoms with van der Waals surface area (Å²) in [6.45, 7) is 6.65. The Bertz CT molecular complexity index is 648. The third kappa shape index (κ3) is 2.26. The lowest BCUT2D eigenvalue weighted by Gasteiger charge is -2.09. The van der Waals surface area contributed by atoms with Gasteiger partial charge >= 0.3 is 0 Å². The maximum absolute atomic E-state index is 2.36. The summed E-state index contributed by atoms with van der Waals surface area (Å²) in [6.07, 6.45) is 2.28. The molecule has 96 valence electrons. The zero-order valence-corrected chi connectivity index (χ0v) is 12.7. The lowest BCUT2D eigenvalue weighted by molar-refractivity contribution is 1.03. The summed E-state index contributed by atoms with van der Waals surface area (Å²) < 4.78 is 0. The number of hydrogen-bond acceptors (Lipinski definition) is 0. The minimum absolute atomic E-state index is 1.13. The van der Waals surface area contributed by atoms with Crippen molar-refractivity contribution < 1.29 is 0 Å². The van der Waals surface area contributed by atoms with Gasteiger partial charge in [0.05, 0.1) is 0 Å². The molecule has 1 heterocycles. The number of allylic oxidation sites excluding steroid dienone is 1. The van der Waals surface area contributed by atoms with Gasteiger partial charge in [0.15, 0.2) is 0 Å². The minimum Gasteiger partial charge on any atom is -0.0726 e. The second-order valence-corrected chi connectivity index (χ2v) is 6.58. The van der Waals surface area contributed by atoms with E-state index in [4.69, 9.17) is 0 Å². The molecule has 1 heteroatoms. The summed E-state index contributed by atoms with van der Waals surface area (Å²) in [4.78, 5) is 0. The lowest BCUT2D eigenvalue weighted by atomic mass is 9.97. The van der Waals surface area contributed by atoms with Crippen molar-refractivity contribution in [1.82, 2.24) is 0 Å². The van der Waals surface area contributed by atoms with Gasteiger partial charge in [0.25, 0.3) is 0 Å². The molecule has 1 aromatic heterocycles. The van der Waals surface area contributed by atoms with Gasteiger partial charge in [-0.2, -0.15) is 0 Å². The zero-order valence-electron chi connectivity index (χ0n) is 11.8. The number of hydrogen-bond donors (Lipinski definition) is 0. The van der Waals surface area contributed by atoms with E-state index in [1.165, 1.54) is 41.3 Å². The van der Waals surface area contributed by atoms with E-state index in [-0.39, 0.29) is 0 Å². The van der Waals surface area contributed by atoms with E-state index in [9.17, 15) is 0 Å². The Kier molecular flexibility index (Phi) is 3.29. The fourth-order valence-corrected chi connectivity index (χ4v) is 3.58. The van der Waals surface area contributed by atoms with Gasteiger partial charge in [-0.05, 0) is 60.0 Å². The first-order valence-corrected chi connectivity index (χ1v) is 7.90. The fraction of sp³-hybridized carbons (Fsp3) is 0.278. The van der Waals surface area contributed by atoms with Gasteiger partial charge in [0, 0.05) is 0 Å². The maximum Gasteiger partial charge on any atom is -0.00516 e. The first-order valence-electron chi connectivity index (χ1n) is 6.94. The maximum atomic E-state index is 2.36. The van der Waals surface area contributed by atoms with Crippen molar-refractivity contribution in [3.05, 3.63) is 69.3 Å². The van der Waals surface area contributed by atoms with Gasteiger partial charge < -0.3 is 0 Å². The second kappa shape index (κ2) is 4.94. The van der Waals surface area contributed by atoms with E-state index in [0.717, 1.165) is 12.8 Å². The molecule has 0 atom stereocenters. The molecule has 2 aromatic rings. The van der Waals surface area contributed by atoms with Gasteiger partial charge in [-0.15, -0.1) is 0 Å². The van der Waals surface area contributed by atoms with E-state index in [2.05, 4.69) is 56.9 Å². The molecule has 0 bridgehead atoms. The molecule has 0 nitrogen and oxygen atoms in total. The molecule has 0 aliphatic heterocycles. The van der Waals surface area contributed by atoms with Gasteiger partial charge in [-0.1, -0.05) is 56.6 Å². The summed E-state index contributed by atoms with van der Waals surface area (Å²) in [5.41, 5.74) is 8.81. The predicted octanol–water partition coefficient (Wildman–Crippen LogP) is 5.65. The molecule has 19 heavy (non-hydrogen) atoms. The van der Waals surface area contributed by atoms with Crippen LogP contribution in [0.1, 0.15) is 40.9 Å². The standard InChI is InChI=1S/C18H19P/c1-4-14-10-15-7-5-12(2)9-17(15)18(14)16-8-6-13(3)19-11-16/h5-9,11H,4,10H2,1-3H3. The Morgan fingerprint density at radius 3 is 2.63 bits per heavy atom. The van der Waals surface area contributed by atoms with Gasteiger partial charge in [0.1, 0.15) is 0 Å². The number of aryl methyl sites for hydroxylation is 2. The largest absolute Gasteiger partial charge is 0.0726 e. The van der Waals surface area contributed by atoms with Crippen molar-refractivity contribution in [2.24, 2.45) is 0 Å². The Hall–Kier alpha value is -1.39. The van der Waals surface area contributed by atoms with Crippen LogP contribution in [0.15, 0.2) is 41.7 Å². The van der Waals surface area contributed by atoms with E-state index < -0.39 is 0 Å². The minimum atomic E-state index is 1.13. The highest BCUT2D eigenvalue weighted by Crippen LogP contribution is 2.40. The van der Waals surface area contributed by atoms with Crippen LogP contribution in [0.3, 0.4) is 0 Å². The van der Waals surface area contributed by atoms with Gasteiger partial charge in [-0.3, -0.25) is 0 Å². The molecule has 0 fully saturated rings. The molecular weight excluding hydrogens is 247 g/mol. The Labute approximate surface area is 117 Å². The van der Waals surface area contributed by atoms with Crippen LogP contribution in [-0.4, -0.2) is 0 Å². The Morgan fingerprint density at radius 2 is 1.95 bits per heavy atom. The fourth-order valence-electron chi connectivity index (χ4n) is 2.86. The van der Waals surface area contributed by atoms with E-state index >= 15 is 0 Å². The number of benzene rings is 1. The van der Waals surface area contributed by atoms with Gasteiger partial charge in [0.2, 0.25) is 0 Å². The van der Waals surface area contributed by atoms with Crippen LogP contribution < -0.4 is 0 Å². The second-order valence-electron chi connectivity index (χ2n) is 5.36. The molecular formula is C18H19P. The Morgan fingerprint density at radius 1 is 1.11 bits per heavy atom. The Balaban J connectivity index is 2.17. The molecule has 0 N–H and O–H groups in total. The van der Waals surface area contributed by atoms with Crippen molar-refractivity contribution in [3.8, 4) is 0 Å². The molecule has 0 amide bonds. The summed E-state index contributed by atoms with van der Waals surface area (Å²) in [7, 11) is 1.34. The smallest absolute Gasteiger partial charge is 0.00516 e. The van der Waals surface area contributed by atoms with Crippen LogP contribution in [0.5, 0.6) is 0 Å². The molecule has 1 aliphatic carbocycles. The first-order chi connectivity index (χ1) is 9.19. The summed E-state index contributed by atoms with van der Waals surface area (Å²) in [5.74, 6) is 2.36. The normalized spacial score (nSPS) is 14.3. The van der Waals surface area contributed by atoms with Crippen molar-refractivity contribution >= 4 is 13.8 Å². The number of rotatable bonds is 2. The number of fused-ring (bicyclic) bond motifs is 1. The van der Waals surface area contributed by atoms with E-state index in [0.29, 0.717) is 0 Å². The molecule has 1 aliphatic rings. The molecule has 0 saturated carbocycles. The van der Waals surface area contributed by atoms with Crippen molar-refractivity contribution in [2.75, 3.05) is 0 Å². The average Bonchev–Trinajstić information content (AvgIpc) is 2.77. The highest BCUT2D eigenvalue weighted by atomic mass is 31.0. The molecule has 3 rings (SSSR count). The third-order valence-electron chi connectivity index (χ3n) is 3.92. The molecule has 0 saturated heterocycles. The topological polar surface area (TPSA) is 0 Å². The quantitative estimate of drug-likeness (QED) is 0.658. The summed E-state index contributed by atoms with van der Waals surface area (Å²) >= 11 is 0. The highest BCUT2D eigenvalue weighted by Gasteiger charge is 2.21. The zero-order chi connectivity index (χ0) is 13.4. The monoisotopic (exact) mass is 266 g/mol. The van der Waals surface area contributed by atoms with Crippen molar-refractivity contribution in [3.63, 3.8) is 0 Å². The molecule has 0 radical (unpaired) electrons. The summed E-state index contributed by atoms with van der Waals surface area (Å²) in [5, 5.41) is 1.42. The van der Waals surface area contributed by atoms with E-state index in [1.54, 1.807) is 5.57 Å². The average molecular weight is 266 g/mol. The van der Waals surface area contributed by atoms with E-state index in [1.807, 2.05) is 0 Å². The van der Waals surface area contributed by atoms with Crippen LogP contribution >= 0.6 is 8.19 Å².